The van der Waals surface area contributed by atoms with Gasteiger partial charge >= 0.3 is 0 Å². The van der Waals surface area contributed by atoms with Gasteiger partial charge in [-0.3, -0.25) is 0 Å². The highest BCUT2D eigenvalue weighted by Gasteiger charge is 2.00. The van der Waals surface area contributed by atoms with E-state index in [1.54, 1.807) is 23.7 Å². The molecule has 0 aromatic carbocycles. The SMILES string of the molecule is OCc1cnc(Sc2cccs2)nc1. The number of aromatic nitrogens is 2. The van der Waals surface area contributed by atoms with Gasteiger partial charge in [0, 0.05) is 18.0 Å². The molecule has 0 saturated carbocycles. The van der Waals surface area contributed by atoms with Crippen LogP contribution in [0.25, 0.3) is 0 Å². The first-order chi connectivity index (χ1) is 6.88. The van der Waals surface area contributed by atoms with Gasteiger partial charge < -0.3 is 5.11 Å². The Morgan fingerprint density at radius 2 is 2.14 bits per heavy atom. The minimum Gasteiger partial charge on any atom is -0.392 e. The average molecular weight is 224 g/mol. The third-order valence-corrected chi connectivity index (χ3v) is 3.48. The van der Waals surface area contributed by atoms with Crippen LogP contribution in [0.4, 0.5) is 0 Å². The molecule has 0 aliphatic heterocycles. The Morgan fingerprint density at radius 1 is 1.36 bits per heavy atom. The maximum Gasteiger partial charge on any atom is 0.193 e. The maximum absolute atomic E-state index is 8.80. The summed E-state index contributed by atoms with van der Waals surface area (Å²) < 4.78 is 1.17. The lowest BCUT2D eigenvalue weighted by molar-refractivity contribution is 0.280. The molecule has 2 aromatic rings. The summed E-state index contributed by atoms with van der Waals surface area (Å²) >= 11 is 3.19. The summed E-state index contributed by atoms with van der Waals surface area (Å²) in [7, 11) is 0. The second-order valence-corrected chi connectivity index (χ2v) is 4.78. The number of hydrogen-bond donors (Lipinski definition) is 1. The largest absolute Gasteiger partial charge is 0.392 e. The molecule has 2 aromatic heterocycles. The Hall–Kier alpha value is -0.910. The van der Waals surface area contributed by atoms with Crippen molar-refractivity contribution in [2.24, 2.45) is 0 Å². The van der Waals surface area contributed by atoms with Gasteiger partial charge in [0.25, 0.3) is 0 Å². The number of aliphatic hydroxyl groups excluding tert-OH is 1. The maximum atomic E-state index is 8.80. The van der Waals surface area contributed by atoms with E-state index in [4.69, 9.17) is 5.11 Å². The fourth-order valence-corrected chi connectivity index (χ4v) is 2.46. The van der Waals surface area contributed by atoms with Gasteiger partial charge in [0.2, 0.25) is 0 Å². The quantitative estimate of drug-likeness (QED) is 0.812. The van der Waals surface area contributed by atoms with Crippen LogP contribution in [-0.2, 0) is 6.61 Å². The molecule has 14 heavy (non-hydrogen) atoms. The Morgan fingerprint density at radius 3 is 2.71 bits per heavy atom. The monoisotopic (exact) mass is 224 g/mol. The van der Waals surface area contributed by atoms with E-state index in [0.717, 1.165) is 5.56 Å². The van der Waals surface area contributed by atoms with Gasteiger partial charge in [-0.2, -0.15) is 0 Å². The second kappa shape index (κ2) is 4.54. The van der Waals surface area contributed by atoms with Crippen LogP contribution in [0.2, 0.25) is 0 Å². The van der Waals surface area contributed by atoms with Crippen molar-refractivity contribution in [2.45, 2.75) is 16.0 Å². The number of thiophene rings is 1. The second-order valence-electron chi connectivity index (χ2n) is 2.57. The predicted molar refractivity (Wildman–Crippen MR) is 56.4 cm³/mol. The van der Waals surface area contributed by atoms with Crippen LogP contribution in [-0.4, -0.2) is 15.1 Å². The lowest BCUT2D eigenvalue weighted by atomic mass is 10.4. The summed E-state index contributed by atoms with van der Waals surface area (Å²) in [6.45, 7) is -0.00997. The van der Waals surface area contributed by atoms with E-state index in [1.807, 2.05) is 17.5 Å². The first-order valence-electron chi connectivity index (χ1n) is 4.01. The number of nitrogens with zero attached hydrogens (tertiary/aromatic N) is 2. The minimum absolute atomic E-state index is 0.00997. The van der Waals surface area contributed by atoms with Crippen LogP contribution in [0, 0.1) is 0 Å². The van der Waals surface area contributed by atoms with Gasteiger partial charge in [-0.25, -0.2) is 9.97 Å². The molecule has 0 radical (unpaired) electrons. The number of hydrogen-bond acceptors (Lipinski definition) is 5. The van der Waals surface area contributed by atoms with Crippen LogP contribution in [0.3, 0.4) is 0 Å². The number of aliphatic hydroxyl groups is 1. The number of rotatable bonds is 3. The first kappa shape index (κ1) is 9.64. The smallest absolute Gasteiger partial charge is 0.193 e. The molecule has 2 heterocycles. The van der Waals surface area contributed by atoms with Crippen LogP contribution < -0.4 is 0 Å². The van der Waals surface area contributed by atoms with E-state index in [1.165, 1.54) is 16.0 Å². The Kier molecular flexibility index (Phi) is 3.13. The van der Waals surface area contributed by atoms with Gasteiger partial charge in [-0.05, 0) is 23.2 Å². The summed E-state index contributed by atoms with van der Waals surface area (Å²) in [5.41, 5.74) is 0.737. The molecule has 1 N–H and O–H groups in total. The highest BCUT2D eigenvalue weighted by atomic mass is 32.2. The van der Waals surface area contributed by atoms with Crippen molar-refractivity contribution in [1.82, 2.24) is 9.97 Å². The molecule has 72 valence electrons. The Balaban J connectivity index is 2.10. The summed E-state index contributed by atoms with van der Waals surface area (Å²) in [6.07, 6.45) is 3.28. The molecule has 0 aliphatic rings. The summed E-state index contributed by atoms with van der Waals surface area (Å²) in [5, 5.41) is 11.5. The van der Waals surface area contributed by atoms with Crippen molar-refractivity contribution in [3.63, 3.8) is 0 Å². The molecule has 0 saturated heterocycles. The van der Waals surface area contributed by atoms with Gasteiger partial charge in [-0.15, -0.1) is 11.3 Å². The summed E-state index contributed by atoms with van der Waals surface area (Å²) in [6, 6.07) is 4.02. The topological polar surface area (TPSA) is 46.0 Å². The average Bonchev–Trinajstić information content (AvgIpc) is 2.72. The molecule has 0 fully saturated rings. The van der Waals surface area contributed by atoms with E-state index in [-0.39, 0.29) is 6.61 Å². The zero-order chi connectivity index (χ0) is 9.80. The molecule has 0 amide bonds. The van der Waals surface area contributed by atoms with Crippen molar-refractivity contribution in [3.8, 4) is 0 Å². The molecule has 5 heteroatoms. The van der Waals surface area contributed by atoms with Crippen LogP contribution in [0.15, 0.2) is 39.3 Å². The third kappa shape index (κ3) is 2.31. The summed E-state index contributed by atoms with van der Waals surface area (Å²) in [5.74, 6) is 0. The van der Waals surface area contributed by atoms with Crippen molar-refractivity contribution in [2.75, 3.05) is 0 Å². The zero-order valence-electron chi connectivity index (χ0n) is 7.25. The normalized spacial score (nSPS) is 10.4. The zero-order valence-corrected chi connectivity index (χ0v) is 8.88. The lowest BCUT2D eigenvalue weighted by Crippen LogP contribution is -1.89. The van der Waals surface area contributed by atoms with Crippen molar-refractivity contribution in [3.05, 3.63) is 35.5 Å². The molecule has 0 bridgehead atoms. The minimum atomic E-state index is -0.00997. The van der Waals surface area contributed by atoms with E-state index >= 15 is 0 Å². The van der Waals surface area contributed by atoms with E-state index in [2.05, 4.69) is 9.97 Å². The van der Waals surface area contributed by atoms with Gasteiger partial charge in [-0.1, -0.05) is 6.07 Å². The highest BCUT2D eigenvalue weighted by Crippen LogP contribution is 2.28. The van der Waals surface area contributed by atoms with Crippen LogP contribution in [0.1, 0.15) is 5.56 Å². The van der Waals surface area contributed by atoms with Crippen molar-refractivity contribution >= 4 is 23.1 Å². The van der Waals surface area contributed by atoms with Crippen molar-refractivity contribution in [1.29, 1.82) is 0 Å². The Bertz CT molecular complexity index is 386. The van der Waals surface area contributed by atoms with Gasteiger partial charge in [0.05, 0.1) is 10.8 Å². The molecule has 0 atom stereocenters. The first-order valence-corrected chi connectivity index (χ1v) is 5.71. The van der Waals surface area contributed by atoms with E-state index < -0.39 is 0 Å². The molecule has 3 nitrogen and oxygen atoms in total. The molecule has 0 unspecified atom stereocenters. The Labute approximate surface area is 89.9 Å². The molecular weight excluding hydrogens is 216 g/mol. The van der Waals surface area contributed by atoms with Crippen molar-refractivity contribution < 1.29 is 5.11 Å². The van der Waals surface area contributed by atoms with Gasteiger partial charge in [0.1, 0.15) is 0 Å². The fraction of sp³-hybridized carbons (Fsp3) is 0.111. The lowest BCUT2D eigenvalue weighted by Gasteiger charge is -1.97. The highest BCUT2D eigenvalue weighted by molar-refractivity contribution is 8.01. The molecule has 2 rings (SSSR count). The van der Waals surface area contributed by atoms with E-state index in [0.29, 0.717) is 5.16 Å². The molecule has 0 spiro atoms. The fourth-order valence-electron chi connectivity index (χ4n) is 0.889. The predicted octanol–water partition coefficient (Wildman–Crippen LogP) is 2.18. The van der Waals surface area contributed by atoms with Crippen LogP contribution in [0.5, 0.6) is 0 Å². The van der Waals surface area contributed by atoms with Gasteiger partial charge in [0.15, 0.2) is 5.16 Å². The molecular formula is C9H8N2OS2. The van der Waals surface area contributed by atoms with E-state index in [9.17, 15) is 0 Å². The van der Waals surface area contributed by atoms with Crippen LogP contribution >= 0.6 is 23.1 Å². The standard InChI is InChI=1S/C9H8N2OS2/c12-6-7-4-10-9(11-5-7)14-8-2-1-3-13-8/h1-5,12H,6H2. The molecule has 0 aliphatic carbocycles. The summed E-state index contributed by atoms with van der Waals surface area (Å²) in [4.78, 5) is 8.25. The third-order valence-electron chi connectivity index (χ3n) is 1.55.